The third kappa shape index (κ3) is 3.46. The fraction of sp³-hybridized carbons (Fsp3) is 0.333. The Hall–Kier alpha value is -1.54. The first-order valence-electron chi connectivity index (χ1n) is 5.93. The molecule has 0 saturated heterocycles. The van der Waals surface area contributed by atoms with Crippen LogP contribution in [0.15, 0.2) is 40.8 Å². The quantitative estimate of drug-likeness (QED) is 0.797. The largest absolute Gasteiger partial charge is 0.465 e. The first-order chi connectivity index (χ1) is 8.13. The summed E-state index contributed by atoms with van der Waals surface area (Å²) in [5.74, 6) is 2.00. The molecular formula is C15H19NO. The van der Waals surface area contributed by atoms with Crippen LogP contribution < -0.4 is 0 Å². The SMILES string of the molecule is Cc1ccc(CN(C)Cc2ccc(C)o2)cc1. The van der Waals surface area contributed by atoms with E-state index in [9.17, 15) is 0 Å². The Morgan fingerprint density at radius 3 is 2.24 bits per heavy atom. The smallest absolute Gasteiger partial charge is 0.118 e. The Kier molecular flexibility index (Phi) is 3.64. The van der Waals surface area contributed by atoms with E-state index in [4.69, 9.17) is 4.42 Å². The normalized spacial score (nSPS) is 11.1. The molecule has 1 aromatic heterocycles. The topological polar surface area (TPSA) is 16.4 Å². The Bertz CT molecular complexity index is 470. The van der Waals surface area contributed by atoms with Gasteiger partial charge < -0.3 is 4.42 Å². The van der Waals surface area contributed by atoms with Crippen molar-refractivity contribution in [1.82, 2.24) is 4.90 Å². The van der Waals surface area contributed by atoms with Gasteiger partial charge in [0.1, 0.15) is 11.5 Å². The second kappa shape index (κ2) is 5.19. The van der Waals surface area contributed by atoms with Gasteiger partial charge in [0.15, 0.2) is 0 Å². The van der Waals surface area contributed by atoms with Gasteiger partial charge in [-0.2, -0.15) is 0 Å². The van der Waals surface area contributed by atoms with Crippen molar-refractivity contribution in [3.05, 3.63) is 59.0 Å². The molecule has 0 N–H and O–H groups in total. The number of aryl methyl sites for hydroxylation is 2. The molecule has 0 amide bonds. The van der Waals surface area contributed by atoms with E-state index in [1.165, 1.54) is 11.1 Å². The highest BCUT2D eigenvalue weighted by atomic mass is 16.3. The minimum Gasteiger partial charge on any atom is -0.465 e. The number of furan rings is 1. The van der Waals surface area contributed by atoms with E-state index in [-0.39, 0.29) is 0 Å². The lowest BCUT2D eigenvalue weighted by Crippen LogP contribution is -2.16. The minimum absolute atomic E-state index is 0.849. The van der Waals surface area contributed by atoms with Crippen LogP contribution in [-0.2, 0) is 13.1 Å². The molecule has 1 aromatic carbocycles. The molecule has 2 nitrogen and oxygen atoms in total. The van der Waals surface area contributed by atoms with Gasteiger partial charge in [-0.3, -0.25) is 4.90 Å². The molecule has 2 aromatic rings. The average Bonchev–Trinajstić information content (AvgIpc) is 2.67. The highest BCUT2D eigenvalue weighted by Gasteiger charge is 2.04. The molecule has 0 radical (unpaired) electrons. The Morgan fingerprint density at radius 1 is 0.941 bits per heavy atom. The van der Waals surface area contributed by atoms with Crippen LogP contribution in [0.4, 0.5) is 0 Å². The van der Waals surface area contributed by atoms with Crippen LogP contribution in [-0.4, -0.2) is 11.9 Å². The minimum atomic E-state index is 0.849. The molecule has 17 heavy (non-hydrogen) atoms. The number of benzene rings is 1. The molecule has 1 heterocycles. The average molecular weight is 229 g/mol. The molecular weight excluding hydrogens is 210 g/mol. The maximum Gasteiger partial charge on any atom is 0.118 e. The van der Waals surface area contributed by atoms with Crippen molar-refractivity contribution in [2.75, 3.05) is 7.05 Å². The van der Waals surface area contributed by atoms with Crippen molar-refractivity contribution in [1.29, 1.82) is 0 Å². The summed E-state index contributed by atoms with van der Waals surface area (Å²) in [6, 6.07) is 12.7. The van der Waals surface area contributed by atoms with Crippen LogP contribution in [0.3, 0.4) is 0 Å². The molecule has 0 aliphatic heterocycles. The Labute approximate surface area is 103 Å². The second-order valence-corrected chi connectivity index (χ2v) is 4.67. The molecule has 0 atom stereocenters. The van der Waals surface area contributed by atoms with Crippen LogP contribution in [0.25, 0.3) is 0 Å². The monoisotopic (exact) mass is 229 g/mol. The van der Waals surface area contributed by atoms with Gasteiger partial charge in [0, 0.05) is 6.54 Å². The van der Waals surface area contributed by atoms with E-state index in [2.05, 4.69) is 43.1 Å². The number of rotatable bonds is 4. The van der Waals surface area contributed by atoms with E-state index in [1.807, 2.05) is 19.1 Å². The van der Waals surface area contributed by atoms with E-state index in [0.717, 1.165) is 24.6 Å². The van der Waals surface area contributed by atoms with Gasteiger partial charge in [0.25, 0.3) is 0 Å². The Morgan fingerprint density at radius 2 is 1.65 bits per heavy atom. The van der Waals surface area contributed by atoms with Gasteiger partial charge >= 0.3 is 0 Å². The van der Waals surface area contributed by atoms with Gasteiger partial charge in [-0.25, -0.2) is 0 Å². The van der Waals surface area contributed by atoms with Crippen molar-refractivity contribution < 1.29 is 4.42 Å². The zero-order valence-electron chi connectivity index (χ0n) is 10.7. The summed E-state index contributed by atoms with van der Waals surface area (Å²) >= 11 is 0. The molecule has 0 fully saturated rings. The molecule has 0 aliphatic carbocycles. The van der Waals surface area contributed by atoms with Gasteiger partial charge in [0.05, 0.1) is 6.54 Å². The lowest BCUT2D eigenvalue weighted by molar-refractivity contribution is 0.285. The molecule has 0 bridgehead atoms. The van der Waals surface area contributed by atoms with Crippen LogP contribution >= 0.6 is 0 Å². The van der Waals surface area contributed by atoms with Crippen molar-refractivity contribution in [3.63, 3.8) is 0 Å². The third-order valence-corrected chi connectivity index (χ3v) is 2.79. The van der Waals surface area contributed by atoms with Gasteiger partial charge in [0.2, 0.25) is 0 Å². The predicted molar refractivity (Wildman–Crippen MR) is 69.8 cm³/mol. The van der Waals surface area contributed by atoms with Crippen LogP contribution in [0.1, 0.15) is 22.6 Å². The van der Waals surface area contributed by atoms with Crippen LogP contribution in [0.5, 0.6) is 0 Å². The van der Waals surface area contributed by atoms with E-state index < -0.39 is 0 Å². The summed E-state index contributed by atoms with van der Waals surface area (Å²) in [6.07, 6.45) is 0. The first kappa shape index (κ1) is 11.9. The lowest BCUT2D eigenvalue weighted by atomic mass is 10.1. The van der Waals surface area contributed by atoms with Gasteiger partial charge in [-0.1, -0.05) is 29.8 Å². The van der Waals surface area contributed by atoms with E-state index in [0.29, 0.717) is 0 Å². The molecule has 0 saturated carbocycles. The highest BCUT2D eigenvalue weighted by Crippen LogP contribution is 2.11. The van der Waals surface area contributed by atoms with Crippen molar-refractivity contribution in [2.24, 2.45) is 0 Å². The van der Waals surface area contributed by atoms with Gasteiger partial charge in [-0.15, -0.1) is 0 Å². The van der Waals surface area contributed by atoms with Crippen LogP contribution in [0, 0.1) is 13.8 Å². The fourth-order valence-corrected chi connectivity index (χ4v) is 1.90. The predicted octanol–water partition coefficient (Wildman–Crippen LogP) is 3.53. The number of hydrogen-bond donors (Lipinski definition) is 0. The highest BCUT2D eigenvalue weighted by molar-refractivity contribution is 5.21. The van der Waals surface area contributed by atoms with Crippen LogP contribution in [0.2, 0.25) is 0 Å². The second-order valence-electron chi connectivity index (χ2n) is 4.67. The van der Waals surface area contributed by atoms with Gasteiger partial charge in [-0.05, 0) is 38.6 Å². The Balaban J connectivity index is 1.93. The third-order valence-electron chi connectivity index (χ3n) is 2.79. The van der Waals surface area contributed by atoms with Crippen molar-refractivity contribution >= 4 is 0 Å². The summed E-state index contributed by atoms with van der Waals surface area (Å²) in [5, 5.41) is 0. The summed E-state index contributed by atoms with van der Waals surface area (Å²) in [6.45, 7) is 5.88. The molecule has 0 unspecified atom stereocenters. The number of hydrogen-bond acceptors (Lipinski definition) is 2. The molecule has 2 heteroatoms. The first-order valence-corrected chi connectivity index (χ1v) is 5.93. The fourth-order valence-electron chi connectivity index (χ4n) is 1.90. The summed E-state index contributed by atoms with van der Waals surface area (Å²) in [5.41, 5.74) is 2.64. The summed E-state index contributed by atoms with van der Waals surface area (Å²) < 4.78 is 5.57. The molecule has 2 rings (SSSR count). The zero-order chi connectivity index (χ0) is 12.3. The standard InChI is InChI=1S/C15H19NO/c1-12-4-7-14(8-5-12)10-16(3)11-15-9-6-13(2)17-15/h4-9H,10-11H2,1-3H3. The van der Waals surface area contributed by atoms with E-state index in [1.54, 1.807) is 0 Å². The summed E-state index contributed by atoms with van der Waals surface area (Å²) in [4.78, 5) is 2.25. The zero-order valence-corrected chi connectivity index (χ0v) is 10.7. The summed E-state index contributed by atoms with van der Waals surface area (Å²) in [7, 11) is 2.11. The molecule has 0 aliphatic rings. The van der Waals surface area contributed by atoms with E-state index >= 15 is 0 Å². The molecule has 90 valence electrons. The lowest BCUT2D eigenvalue weighted by Gasteiger charge is -2.15. The maximum absolute atomic E-state index is 5.57. The van der Waals surface area contributed by atoms with Crippen molar-refractivity contribution in [3.8, 4) is 0 Å². The number of nitrogens with zero attached hydrogens (tertiary/aromatic N) is 1. The molecule has 0 spiro atoms. The maximum atomic E-state index is 5.57. The van der Waals surface area contributed by atoms with Crippen molar-refractivity contribution in [2.45, 2.75) is 26.9 Å².